The fraction of sp³-hybridized carbons (Fsp3) is 0.391. The molecular formula is C23H25NO5. The third-order valence-electron chi connectivity index (χ3n) is 5.64. The molecule has 0 radical (unpaired) electrons. The summed E-state index contributed by atoms with van der Waals surface area (Å²) in [6.07, 6.45) is 1.80. The fourth-order valence-corrected chi connectivity index (χ4v) is 4.26. The van der Waals surface area contributed by atoms with Crippen LogP contribution in [0.2, 0.25) is 0 Å². The van der Waals surface area contributed by atoms with Gasteiger partial charge in [-0.1, -0.05) is 67.1 Å². The number of fused-ring (bicyclic) bond motifs is 1. The molecule has 4 rings (SSSR count). The van der Waals surface area contributed by atoms with Crippen molar-refractivity contribution >= 4 is 12.2 Å². The molecule has 29 heavy (non-hydrogen) atoms. The van der Waals surface area contributed by atoms with Crippen LogP contribution < -0.4 is 0 Å². The van der Waals surface area contributed by atoms with Crippen LogP contribution in [0, 0.1) is 5.92 Å². The Bertz CT molecular complexity index is 826. The summed E-state index contributed by atoms with van der Waals surface area (Å²) in [7, 11) is 0. The average molecular weight is 395 g/mol. The first-order valence-corrected chi connectivity index (χ1v) is 10.1. The highest BCUT2D eigenvalue weighted by Gasteiger charge is 2.48. The number of carbonyl (C=O) groups excluding carboxylic acids is 2. The Balaban J connectivity index is 1.35. The normalized spacial score (nSPS) is 22.8. The molecule has 1 amide bonds. The molecule has 152 valence electrons. The van der Waals surface area contributed by atoms with E-state index in [9.17, 15) is 9.59 Å². The summed E-state index contributed by atoms with van der Waals surface area (Å²) in [4.78, 5) is 26.6. The number of nitrogens with zero attached hydrogens (tertiary/aromatic N) is 1. The Kier molecular flexibility index (Phi) is 5.98. The van der Waals surface area contributed by atoms with Crippen LogP contribution in [0.15, 0.2) is 60.7 Å². The van der Waals surface area contributed by atoms with Gasteiger partial charge in [0.1, 0.15) is 13.2 Å². The summed E-state index contributed by atoms with van der Waals surface area (Å²) in [5.74, 6) is 0.339. The molecule has 0 N–H and O–H groups in total. The lowest BCUT2D eigenvalue weighted by Crippen LogP contribution is -2.43. The Labute approximate surface area is 170 Å². The highest BCUT2D eigenvalue weighted by molar-refractivity contribution is 5.70. The van der Waals surface area contributed by atoms with E-state index >= 15 is 0 Å². The third-order valence-corrected chi connectivity index (χ3v) is 5.64. The predicted octanol–water partition coefficient (Wildman–Crippen LogP) is 4.88. The number of ether oxygens (including phenoxy) is 3. The smallest absolute Gasteiger partial charge is 0.444 e. The van der Waals surface area contributed by atoms with Gasteiger partial charge in [0.2, 0.25) is 0 Å². The van der Waals surface area contributed by atoms with Crippen LogP contribution in [-0.4, -0.2) is 29.4 Å². The number of hydrogen-bond acceptors (Lipinski definition) is 5. The first-order chi connectivity index (χ1) is 14.2. The molecule has 2 fully saturated rings. The van der Waals surface area contributed by atoms with Gasteiger partial charge in [-0.2, -0.15) is 0 Å². The first kappa shape index (κ1) is 19.3. The van der Waals surface area contributed by atoms with Crippen molar-refractivity contribution < 1.29 is 23.8 Å². The number of carbonyl (C=O) groups is 2. The van der Waals surface area contributed by atoms with E-state index in [4.69, 9.17) is 14.2 Å². The summed E-state index contributed by atoms with van der Waals surface area (Å²) in [5.41, 5.74) is 1.80. The van der Waals surface area contributed by atoms with Crippen molar-refractivity contribution in [2.24, 2.45) is 5.92 Å². The molecule has 1 aliphatic carbocycles. The van der Waals surface area contributed by atoms with Gasteiger partial charge in [-0.15, -0.1) is 0 Å². The van der Waals surface area contributed by atoms with E-state index < -0.39 is 18.5 Å². The molecule has 1 saturated heterocycles. The molecule has 6 heteroatoms. The summed E-state index contributed by atoms with van der Waals surface area (Å²) in [5, 5.41) is 0. The fourth-order valence-electron chi connectivity index (χ4n) is 4.26. The molecule has 0 bridgehead atoms. The summed E-state index contributed by atoms with van der Waals surface area (Å²) in [6.45, 7) is 0.330. The summed E-state index contributed by atoms with van der Waals surface area (Å²) < 4.78 is 16.3. The number of likely N-dealkylation sites (tertiary alicyclic amines) is 1. The van der Waals surface area contributed by atoms with Crippen LogP contribution in [0.4, 0.5) is 9.59 Å². The van der Waals surface area contributed by atoms with Crippen molar-refractivity contribution in [1.82, 2.24) is 4.90 Å². The van der Waals surface area contributed by atoms with Gasteiger partial charge in [-0.25, -0.2) is 9.59 Å². The van der Waals surface area contributed by atoms with Gasteiger partial charge in [-0.3, -0.25) is 4.90 Å². The Morgan fingerprint density at radius 3 is 2.14 bits per heavy atom. The lowest BCUT2D eigenvalue weighted by Gasteiger charge is -2.28. The van der Waals surface area contributed by atoms with E-state index in [-0.39, 0.29) is 19.3 Å². The molecule has 3 atom stereocenters. The molecule has 0 aromatic heterocycles. The van der Waals surface area contributed by atoms with Gasteiger partial charge >= 0.3 is 12.2 Å². The lowest BCUT2D eigenvalue weighted by atomic mass is 10.0. The first-order valence-electron chi connectivity index (χ1n) is 10.1. The molecule has 2 aromatic rings. The van der Waals surface area contributed by atoms with Crippen molar-refractivity contribution in [3.63, 3.8) is 0 Å². The van der Waals surface area contributed by atoms with Gasteiger partial charge in [0.25, 0.3) is 0 Å². The number of rotatable bonds is 5. The van der Waals surface area contributed by atoms with Gasteiger partial charge in [-0.05, 0) is 29.9 Å². The third kappa shape index (κ3) is 4.70. The largest absolute Gasteiger partial charge is 0.510 e. The van der Waals surface area contributed by atoms with Crippen LogP contribution in [0.3, 0.4) is 0 Å². The zero-order chi connectivity index (χ0) is 20.1. The van der Waals surface area contributed by atoms with E-state index in [0.29, 0.717) is 12.3 Å². The maximum Gasteiger partial charge on any atom is 0.510 e. The lowest BCUT2D eigenvalue weighted by molar-refractivity contribution is -0.0396. The molecule has 2 aliphatic rings. The van der Waals surface area contributed by atoms with Crippen molar-refractivity contribution in [1.29, 1.82) is 0 Å². The summed E-state index contributed by atoms with van der Waals surface area (Å²) >= 11 is 0. The van der Waals surface area contributed by atoms with E-state index in [1.54, 1.807) is 4.90 Å². The Morgan fingerprint density at radius 2 is 1.48 bits per heavy atom. The second-order valence-corrected chi connectivity index (χ2v) is 7.54. The summed E-state index contributed by atoms with van der Waals surface area (Å²) in [6, 6.07) is 19.0. The Morgan fingerprint density at radius 1 is 0.862 bits per heavy atom. The molecular weight excluding hydrogens is 370 g/mol. The second kappa shape index (κ2) is 8.99. The zero-order valence-electron chi connectivity index (χ0n) is 16.2. The van der Waals surface area contributed by atoms with E-state index in [0.717, 1.165) is 30.4 Å². The molecule has 0 unspecified atom stereocenters. The van der Waals surface area contributed by atoms with Crippen LogP contribution in [0.1, 0.15) is 36.8 Å². The molecule has 0 spiro atoms. The highest BCUT2D eigenvalue weighted by Crippen LogP contribution is 2.42. The topological polar surface area (TPSA) is 65.1 Å². The molecule has 2 aromatic carbocycles. The Hall–Kier alpha value is -3.02. The maximum absolute atomic E-state index is 12.8. The van der Waals surface area contributed by atoms with Crippen molar-refractivity contribution in [3.05, 3.63) is 71.8 Å². The zero-order valence-corrected chi connectivity index (χ0v) is 16.2. The minimum absolute atomic E-state index is 0.0604. The minimum Gasteiger partial charge on any atom is -0.444 e. The second-order valence-electron chi connectivity index (χ2n) is 7.54. The standard InChI is InChI=1S/C23H25NO5/c25-22(27-15-17-8-3-1-4-9-17)24-20-13-7-12-19(20)14-21(24)29-23(26)28-16-18-10-5-2-6-11-18/h1-6,8-11,19-21H,7,12-16H2/t19-,20-,21-/m0/s1. The molecule has 1 heterocycles. The van der Waals surface area contributed by atoms with Crippen molar-refractivity contribution in [2.45, 2.75) is 51.2 Å². The van der Waals surface area contributed by atoms with Gasteiger partial charge in [0.05, 0.1) is 0 Å². The van der Waals surface area contributed by atoms with E-state index in [2.05, 4.69) is 0 Å². The predicted molar refractivity (Wildman–Crippen MR) is 106 cm³/mol. The monoisotopic (exact) mass is 395 g/mol. The number of amides is 1. The molecule has 1 saturated carbocycles. The SMILES string of the molecule is O=C(OCc1ccccc1)O[C@H]1C[C@@H]2CCC[C@@H]2N1C(=O)OCc1ccccc1. The van der Waals surface area contributed by atoms with Crippen LogP contribution in [0.25, 0.3) is 0 Å². The maximum atomic E-state index is 12.8. The van der Waals surface area contributed by atoms with Crippen molar-refractivity contribution in [3.8, 4) is 0 Å². The quantitative estimate of drug-likeness (QED) is 0.675. The number of benzene rings is 2. The van der Waals surface area contributed by atoms with Gasteiger partial charge in [0.15, 0.2) is 6.23 Å². The highest BCUT2D eigenvalue weighted by atomic mass is 16.7. The van der Waals surface area contributed by atoms with Crippen LogP contribution in [0.5, 0.6) is 0 Å². The van der Waals surface area contributed by atoms with Crippen molar-refractivity contribution in [2.75, 3.05) is 0 Å². The average Bonchev–Trinajstić information content (AvgIpc) is 3.33. The minimum atomic E-state index is -0.764. The number of hydrogen-bond donors (Lipinski definition) is 0. The van der Waals surface area contributed by atoms with Crippen LogP contribution >= 0.6 is 0 Å². The van der Waals surface area contributed by atoms with E-state index in [1.807, 2.05) is 60.7 Å². The molecule has 6 nitrogen and oxygen atoms in total. The van der Waals surface area contributed by atoms with Gasteiger partial charge in [0, 0.05) is 12.5 Å². The molecule has 1 aliphatic heterocycles. The van der Waals surface area contributed by atoms with Crippen LogP contribution in [-0.2, 0) is 27.4 Å². The van der Waals surface area contributed by atoms with E-state index in [1.165, 1.54) is 0 Å². The van der Waals surface area contributed by atoms with Gasteiger partial charge < -0.3 is 14.2 Å².